The Labute approximate surface area is 119 Å². The maximum atomic E-state index is 13.6. The fourth-order valence-corrected chi connectivity index (χ4v) is 1.88. The summed E-state index contributed by atoms with van der Waals surface area (Å²) in [6, 6.07) is 3.77. The number of phenolic OH excluding ortho intramolecular Hbond substituents is 1. The predicted molar refractivity (Wildman–Crippen MR) is 83.1 cm³/mol. The van der Waals surface area contributed by atoms with E-state index in [2.05, 4.69) is 6.58 Å². The average Bonchev–Trinajstić information content (AvgIpc) is 2.48. The molecule has 0 radical (unpaired) electrons. The van der Waals surface area contributed by atoms with Gasteiger partial charge in [-0.15, -0.1) is 0 Å². The van der Waals surface area contributed by atoms with E-state index >= 15 is 0 Å². The van der Waals surface area contributed by atoms with Crippen molar-refractivity contribution in [2.24, 2.45) is 0 Å². The van der Waals surface area contributed by atoms with E-state index in [1.807, 2.05) is 27.7 Å². The van der Waals surface area contributed by atoms with Crippen LogP contribution in [0.25, 0.3) is 16.8 Å². The van der Waals surface area contributed by atoms with Crippen LogP contribution in [0.1, 0.15) is 38.8 Å². The minimum atomic E-state index is -0.733. The average molecular weight is 280 g/mol. The Bertz CT molecular complexity index is 589. The lowest BCUT2D eigenvalue weighted by atomic mass is 9.98. The van der Waals surface area contributed by atoms with Crippen molar-refractivity contribution in [3.63, 3.8) is 0 Å². The Kier molecular flexibility index (Phi) is 7.52. The van der Waals surface area contributed by atoms with Crippen molar-refractivity contribution in [2.45, 2.75) is 34.6 Å². The van der Waals surface area contributed by atoms with Crippen molar-refractivity contribution in [2.75, 3.05) is 0 Å². The Hall–Kier alpha value is -1.90. The minimum Gasteiger partial charge on any atom is -0.505 e. The van der Waals surface area contributed by atoms with Crippen LogP contribution >= 0.6 is 0 Å². The summed E-state index contributed by atoms with van der Waals surface area (Å²) >= 11 is 0. The first-order chi connectivity index (χ1) is 9.56. The van der Waals surface area contributed by atoms with Crippen LogP contribution < -0.4 is 0 Å². The molecule has 2 aromatic rings. The van der Waals surface area contributed by atoms with Gasteiger partial charge in [-0.2, -0.15) is 0 Å². The number of hydrogen-bond acceptors (Lipinski definition) is 1. The van der Waals surface area contributed by atoms with Gasteiger partial charge in [-0.05, 0) is 36.1 Å². The van der Waals surface area contributed by atoms with Crippen molar-refractivity contribution < 1.29 is 13.9 Å². The summed E-state index contributed by atoms with van der Waals surface area (Å²) in [5.74, 6) is -1.61. The van der Waals surface area contributed by atoms with E-state index in [1.165, 1.54) is 24.3 Å². The zero-order valence-electron chi connectivity index (χ0n) is 12.7. The Morgan fingerprint density at radius 1 is 1.10 bits per heavy atom. The molecule has 20 heavy (non-hydrogen) atoms. The van der Waals surface area contributed by atoms with Crippen molar-refractivity contribution in [3.05, 3.63) is 47.5 Å². The van der Waals surface area contributed by atoms with Crippen LogP contribution in [0.15, 0.2) is 24.8 Å². The Morgan fingerprint density at radius 3 is 2.15 bits per heavy atom. The molecule has 0 spiro atoms. The van der Waals surface area contributed by atoms with E-state index in [0.717, 1.165) is 0 Å². The molecule has 3 heteroatoms. The molecule has 0 heterocycles. The van der Waals surface area contributed by atoms with Crippen LogP contribution in [-0.2, 0) is 0 Å². The van der Waals surface area contributed by atoms with Gasteiger partial charge in [0.15, 0.2) is 11.6 Å². The standard InChI is InChI=1S/C13H10F2O.2C2H6/c1-3-8-10(14)5-4-9-12(8)7(2)6-11(16)13(9)15;2*1-2/h3-6,16H,1H2,2H3;2*1-2H3. The van der Waals surface area contributed by atoms with Crippen molar-refractivity contribution in [1.29, 1.82) is 0 Å². The molecule has 110 valence electrons. The highest BCUT2D eigenvalue weighted by atomic mass is 19.1. The molecule has 0 fully saturated rings. The van der Waals surface area contributed by atoms with Crippen LogP contribution in [0.3, 0.4) is 0 Å². The van der Waals surface area contributed by atoms with Crippen LogP contribution in [0.4, 0.5) is 8.78 Å². The van der Waals surface area contributed by atoms with Gasteiger partial charge < -0.3 is 5.11 Å². The first-order valence-electron chi connectivity index (χ1n) is 6.79. The van der Waals surface area contributed by atoms with Gasteiger partial charge in [0.05, 0.1) is 0 Å². The number of rotatable bonds is 1. The second kappa shape index (κ2) is 8.31. The largest absolute Gasteiger partial charge is 0.505 e. The van der Waals surface area contributed by atoms with Gasteiger partial charge in [-0.25, -0.2) is 8.78 Å². The quantitative estimate of drug-likeness (QED) is 0.697. The van der Waals surface area contributed by atoms with Gasteiger partial charge in [0.2, 0.25) is 0 Å². The molecule has 0 amide bonds. The van der Waals surface area contributed by atoms with Gasteiger partial charge in [0.25, 0.3) is 0 Å². The first kappa shape index (κ1) is 18.1. The third-order valence-electron chi connectivity index (χ3n) is 2.61. The summed E-state index contributed by atoms with van der Waals surface area (Å²) in [6.45, 7) is 13.2. The van der Waals surface area contributed by atoms with Gasteiger partial charge in [-0.3, -0.25) is 0 Å². The number of aromatic hydroxyl groups is 1. The molecule has 1 nitrogen and oxygen atoms in total. The Morgan fingerprint density at radius 2 is 1.65 bits per heavy atom. The molecule has 0 aliphatic carbocycles. The van der Waals surface area contributed by atoms with Crippen molar-refractivity contribution in [1.82, 2.24) is 0 Å². The van der Waals surface area contributed by atoms with E-state index in [0.29, 0.717) is 10.9 Å². The highest BCUT2D eigenvalue weighted by Gasteiger charge is 2.13. The highest BCUT2D eigenvalue weighted by molar-refractivity contribution is 5.94. The van der Waals surface area contributed by atoms with E-state index in [1.54, 1.807) is 6.92 Å². The van der Waals surface area contributed by atoms with Gasteiger partial charge in [0.1, 0.15) is 5.82 Å². The number of aryl methyl sites for hydroxylation is 1. The third kappa shape index (κ3) is 3.35. The molecule has 0 saturated carbocycles. The molecule has 0 saturated heterocycles. The lowest BCUT2D eigenvalue weighted by Gasteiger charge is -2.09. The SMILES string of the molecule is C=Cc1c(F)ccc2c(F)c(O)cc(C)c12.CC.CC. The molecule has 0 aliphatic heterocycles. The molecule has 1 N–H and O–H groups in total. The van der Waals surface area contributed by atoms with E-state index in [9.17, 15) is 13.9 Å². The highest BCUT2D eigenvalue weighted by Crippen LogP contribution is 2.32. The van der Waals surface area contributed by atoms with Crippen molar-refractivity contribution in [3.8, 4) is 5.75 Å². The molecule has 2 aromatic carbocycles. The van der Waals surface area contributed by atoms with Crippen LogP contribution in [0.2, 0.25) is 0 Å². The summed E-state index contributed by atoms with van der Waals surface area (Å²) in [5.41, 5.74) is 0.872. The van der Waals surface area contributed by atoms with Gasteiger partial charge in [0, 0.05) is 10.9 Å². The molecular formula is C17H22F2O. The second-order valence-corrected chi connectivity index (χ2v) is 3.61. The number of phenols is 1. The molecule has 0 unspecified atom stereocenters. The van der Waals surface area contributed by atoms with Crippen LogP contribution in [0, 0.1) is 18.6 Å². The normalized spacial score (nSPS) is 9.15. The van der Waals surface area contributed by atoms with E-state index in [4.69, 9.17) is 0 Å². The molecular weight excluding hydrogens is 258 g/mol. The summed E-state index contributed by atoms with van der Waals surface area (Å²) < 4.78 is 27.1. The lowest BCUT2D eigenvalue weighted by Crippen LogP contribution is -1.91. The maximum absolute atomic E-state index is 13.6. The number of halogens is 2. The summed E-state index contributed by atoms with van der Waals surface area (Å²) in [6.07, 6.45) is 1.35. The fourth-order valence-electron chi connectivity index (χ4n) is 1.88. The summed E-state index contributed by atoms with van der Waals surface area (Å²) in [4.78, 5) is 0. The molecule has 0 aliphatic rings. The monoisotopic (exact) mass is 280 g/mol. The molecule has 0 atom stereocenters. The maximum Gasteiger partial charge on any atom is 0.172 e. The molecule has 0 bridgehead atoms. The lowest BCUT2D eigenvalue weighted by molar-refractivity contribution is 0.435. The smallest absolute Gasteiger partial charge is 0.172 e. The van der Waals surface area contributed by atoms with E-state index < -0.39 is 17.4 Å². The zero-order valence-corrected chi connectivity index (χ0v) is 12.7. The summed E-state index contributed by atoms with van der Waals surface area (Å²) in [7, 11) is 0. The zero-order chi connectivity index (χ0) is 15.9. The molecule has 0 aromatic heterocycles. The Balaban J connectivity index is 0.000000829. The number of hydrogen-bond donors (Lipinski definition) is 1. The van der Waals surface area contributed by atoms with Crippen LogP contribution in [0.5, 0.6) is 5.75 Å². The minimum absolute atomic E-state index is 0.203. The third-order valence-corrected chi connectivity index (χ3v) is 2.61. The van der Waals surface area contributed by atoms with Gasteiger partial charge >= 0.3 is 0 Å². The van der Waals surface area contributed by atoms with E-state index in [-0.39, 0.29) is 10.9 Å². The second-order valence-electron chi connectivity index (χ2n) is 3.61. The molecule has 2 rings (SSSR count). The fraction of sp³-hybridized carbons (Fsp3) is 0.294. The number of fused-ring (bicyclic) bond motifs is 1. The topological polar surface area (TPSA) is 20.2 Å². The van der Waals surface area contributed by atoms with Crippen molar-refractivity contribution >= 4 is 16.8 Å². The van der Waals surface area contributed by atoms with Gasteiger partial charge in [-0.1, -0.05) is 40.3 Å². The first-order valence-corrected chi connectivity index (χ1v) is 6.79. The number of benzene rings is 2. The summed E-state index contributed by atoms with van der Waals surface area (Å²) in [5, 5.41) is 9.99. The predicted octanol–water partition coefficient (Wildman–Crippen LogP) is 5.83. The van der Waals surface area contributed by atoms with Crippen LogP contribution in [-0.4, -0.2) is 5.11 Å².